The van der Waals surface area contributed by atoms with Crippen molar-refractivity contribution < 1.29 is 37.8 Å². The van der Waals surface area contributed by atoms with Gasteiger partial charge in [0.25, 0.3) is 5.91 Å². The van der Waals surface area contributed by atoms with Gasteiger partial charge in [0, 0.05) is 13.1 Å². The lowest BCUT2D eigenvalue weighted by atomic mass is 9.95. The third-order valence-corrected chi connectivity index (χ3v) is 8.53. The summed E-state index contributed by atoms with van der Waals surface area (Å²) < 4.78 is 23.8. The molecule has 1 aromatic carbocycles. The number of rotatable bonds is 17. The molecular formula is C32H46FN5O7S. The maximum Gasteiger partial charge on any atom is 0.341 e. The van der Waals surface area contributed by atoms with E-state index in [1.165, 1.54) is 31.4 Å². The second-order valence-electron chi connectivity index (χ2n) is 11.4. The van der Waals surface area contributed by atoms with Gasteiger partial charge in [-0.2, -0.15) is 0 Å². The molecule has 1 unspecified atom stereocenters. The van der Waals surface area contributed by atoms with E-state index in [1.807, 2.05) is 34.6 Å². The van der Waals surface area contributed by atoms with Crippen molar-refractivity contribution in [1.82, 2.24) is 16.0 Å². The first-order chi connectivity index (χ1) is 21.7. The fourth-order valence-corrected chi connectivity index (χ4v) is 5.61. The van der Waals surface area contributed by atoms with Gasteiger partial charge in [-0.25, -0.2) is 9.18 Å². The van der Waals surface area contributed by atoms with Crippen LogP contribution in [0.25, 0.3) is 0 Å². The Balaban J connectivity index is 1.93. The molecule has 0 spiro atoms. The van der Waals surface area contributed by atoms with E-state index in [4.69, 9.17) is 15.2 Å². The van der Waals surface area contributed by atoms with E-state index in [-0.39, 0.29) is 65.4 Å². The van der Waals surface area contributed by atoms with Crippen molar-refractivity contribution in [1.29, 1.82) is 0 Å². The molecule has 1 aromatic heterocycles. The zero-order valence-electron chi connectivity index (χ0n) is 27.5. The van der Waals surface area contributed by atoms with E-state index in [0.29, 0.717) is 17.5 Å². The van der Waals surface area contributed by atoms with Gasteiger partial charge in [0.1, 0.15) is 16.9 Å². The standard InChI is InChI=1S/C32H46FN5O7S/c1-8-22(20-9-11-21(33)12-10-20)27(39)38-31-23(32(43)44-7)19(6)26(46-31)30(42)36-14-16-45-15-13-35-29(41)25(18(4)5)37-28(40)24(34)17(2)3/h9-12,17-18,22,24-25H,8,13-16,34H2,1-7H3,(H,35,41)(H,36,42)(H,37,40)(H,38,39)/t22?,24-,25-/m0/s1. The molecule has 0 fully saturated rings. The summed E-state index contributed by atoms with van der Waals surface area (Å²) >= 11 is 0.948. The average molecular weight is 664 g/mol. The minimum absolute atomic E-state index is 0.0705. The lowest BCUT2D eigenvalue weighted by Gasteiger charge is -2.24. The number of hydrogen-bond acceptors (Lipinski definition) is 9. The van der Waals surface area contributed by atoms with E-state index in [0.717, 1.165) is 11.3 Å². The van der Waals surface area contributed by atoms with Crippen molar-refractivity contribution in [3.05, 3.63) is 51.7 Å². The van der Waals surface area contributed by atoms with Gasteiger partial charge in [-0.15, -0.1) is 11.3 Å². The lowest BCUT2D eigenvalue weighted by Crippen LogP contribution is -2.55. The molecule has 254 valence electrons. The Morgan fingerprint density at radius 2 is 1.52 bits per heavy atom. The van der Waals surface area contributed by atoms with Crippen molar-refractivity contribution in [2.45, 2.75) is 66.0 Å². The van der Waals surface area contributed by atoms with Crippen molar-refractivity contribution in [2.75, 3.05) is 38.7 Å². The summed E-state index contributed by atoms with van der Waals surface area (Å²) in [4.78, 5) is 64.0. The summed E-state index contributed by atoms with van der Waals surface area (Å²) in [5.74, 6) is -3.57. The second kappa shape index (κ2) is 18.3. The molecule has 0 bridgehead atoms. The maximum absolute atomic E-state index is 13.4. The molecule has 0 aliphatic carbocycles. The number of hydrogen-bond donors (Lipinski definition) is 5. The summed E-state index contributed by atoms with van der Waals surface area (Å²) in [6.07, 6.45) is 0.425. The van der Waals surface area contributed by atoms with Gasteiger partial charge < -0.3 is 36.5 Å². The van der Waals surface area contributed by atoms with Gasteiger partial charge >= 0.3 is 5.97 Å². The van der Waals surface area contributed by atoms with Crippen molar-refractivity contribution in [2.24, 2.45) is 17.6 Å². The van der Waals surface area contributed by atoms with Crippen LogP contribution in [0.5, 0.6) is 0 Å². The first kappa shape index (κ1) is 38.3. The van der Waals surface area contributed by atoms with Crippen LogP contribution < -0.4 is 27.0 Å². The van der Waals surface area contributed by atoms with Crippen LogP contribution in [0.2, 0.25) is 0 Å². The number of methoxy groups -OCH3 is 1. The number of carbonyl (C=O) groups excluding carboxylic acids is 5. The third-order valence-electron chi connectivity index (χ3n) is 7.32. The normalized spacial score (nSPS) is 13.1. The molecular weight excluding hydrogens is 617 g/mol. The number of carbonyl (C=O) groups is 5. The Morgan fingerprint density at radius 3 is 2.07 bits per heavy atom. The van der Waals surface area contributed by atoms with E-state index < -0.39 is 41.6 Å². The number of halogens is 1. The molecule has 46 heavy (non-hydrogen) atoms. The first-order valence-corrected chi connectivity index (χ1v) is 16.0. The van der Waals surface area contributed by atoms with Crippen LogP contribution in [0, 0.1) is 24.6 Å². The summed E-state index contributed by atoms with van der Waals surface area (Å²) in [7, 11) is 1.21. The quantitative estimate of drug-likeness (QED) is 0.127. The maximum atomic E-state index is 13.4. The Kier molecular flexibility index (Phi) is 15.2. The summed E-state index contributed by atoms with van der Waals surface area (Å²) in [6, 6.07) is 4.16. The molecule has 2 aromatic rings. The Labute approximate surface area is 273 Å². The van der Waals surface area contributed by atoms with Crippen LogP contribution in [0.4, 0.5) is 9.39 Å². The van der Waals surface area contributed by atoms with Gasteiger partial charge in [-0.1, -0.05) is 46.8 Å². The monoisotopic (exact) mass is 663 g/mol. The highest BCUT2D eigenvalue weighted by atomic mass is 32.1. The Bertz CT molecular complexity index is 1360. The zero-order valence-corrected chi connectivity index (χ0v) is 28.3. The summed E-state index contributed by atoms with van der Waals surface area (Å²) in [6.45, 7) is 11.3. The van der Waals surface area contributed by atoms with Gasteiger partial charge in [-0.3, -0.25) is 19.2 Å². The number of nitrogens with one attached hydrogen (secondary N) is 4. The highest BCUT2D eigenvalue weighted by Gasteiger charge is 2.29. The molecule has 12 nitrogen and oxygen atoms in total. The van der Waals surface area contributed by atoms with Crippen LogP contribution in [0.3, 0.4) is 0 Å². The van der Waals surface area contributed by atoms with Gasteiger partial charge in [0.05, 0.1) is 42.7 Å². The molecule has 0 aliphatic heterocycles. The van der Waals surface area contributed by atoms with E-state index >= 15 is 0 Å². The second-order valence-corrected chi connectivity index (χ2v) is 12.4. The fraction of sp³-hybridized carbons (Fsp3) is 0.531. The molecule has 2 rings (SSSR count). The average Bonchev–Trinajstić information content (AvgIpc) is 3.34. The Hall–Kier alpha value is -3.88. The molecule has 6 N–H and O–H groups in total. The molecule has 0 saturated carbocycles. The first-order valence-electron chi connectivity index (χ1n) is 15.2. The smallest absolute Gasteiger partial charge is 0.341 e. The predicted molar refractivity (Wildman–Crippen MR) is 174 cm³/mol. The highest BCUT2D eigenvalue weighted by Crippen LogP contribution is 2.35. The molecule has 0 radical (unpaired) electrons. The third kappa shape index (κ3) is 10.6. The number of anilines is 1. The number of ether oxygens (including phenoxy) is 2. The van der Waals surface area contributed by atoms with Gasteiger partial charge in [0.15, 0.2) is 0 Å². The topological polar surface area (TPSA) is 178 Å². The molecule has 1 heterocycles. The van der Waals surface area contributed by atoms with Crippen molar-refractivity contribution in [3.63, 3.8) is 0 Å². The molecule has 0 aliphatic rings. The minimum Gasteiger partial charge on any atom is -0.465 e. The largest absolute Gasteiger partial charge is 0.465 e. The predicted octanol–water partition coefficient (Wildman–Crippen LogP) is 3.10. The van der Waals surface area contributed by atoms with Crippen LogP contribution in [-0.2, 0) is 23.9 Å². The van der Waals surface area contributed by atoms with E-state index in [1.54, 1.807) is 6.92 Å². The number of thiophene rings is 1. The van der Waals surface area contributed by atoms with Crippen LogP contribution in [-0.4, -0.2) is 75.1 Å². The number of benzene rings is 1. The SMILES string of the molecule is CCC(C(=O)Nc1sc(C(=O)NCCOCCNC(=O)[C@@H](NC(=O)[C@@H](N)C(C)C)C(C)C)c(C)c1C(=O)OC)c1ccc(F)cc1. The molecule has 4 amide bonds. The molecule has 3 atom stereocenters. The summed E-state index contributed by atoms with van der Waals surface area (Å²) in [5, 5.41) is 11.1. The minimum atomic E-state index is -0.744. The zero-order chi connectivity index (χ0) is 34.6. The van der Waals surface area contributed by atoms with Crippen LogP contribution in [0.15, 0.2) is 24.3 Å². The fourth-order valence-electron chi connectivity index (χ4n) is 4.50. The lowest BCUT2D eigenvalue weighted by molar-refractivity contribution is -0.131. The van der Waals surface area contributed by atoms with E-state index in [9.17, 15) is 28.4 Å². The van der Waals surface area contributed by atoms with Gasteiger partial charge in [0.2, 0.25) is 17.7 Å². The highest BCUT2D eigenvalue weighted by molar-refractivity contribution is 7.18. The molecule has 14 heteroatoms. The van der Waals surface area contributed by atoms with E-state index in [2.05, 4.69) is 21.3 Å². The van der Waals surface area contributed by atoms with Crippen LogP contribution >= 0.6 is 11.3 Å². The number of esters is 1. The Morgan fingerprint density at radius 1 is 0.913 bits per heavy atom. The van der Waals surface area contributed by atoms with Gasteiger partial charge in [-0.05, 0) is 48.4 Å². The van der Waals surface area contributed by atoms with Crippen LogP contribution in [0.1, 0.15) is 78.1 Å². The van der Waals surface area contributed by atoms with Crippen molar-refractivity contribution >= 4 is 45.9 Å². The number of amides is 4. The van der Waals surface area contributed by atoms with Crippen molar-refractivity contribution in [3.8, 4) is 0 Å². The number of nitrogens with two attached hydrogens (primary N) is 1. The molecule has 0 saturated heterocycles. The summed E-state index contributed by atoms with van der Waals surface area (Å²) in [5.41, 5.74) is 6.94.